The number of allylic oxidation sites excluding steroid dienone is 5. The van der Waals surface area contributed by atoms with Crippen LogP contribution in [0.2, 0.25) is 0 Å². The molecule has 3 aliphatic carbocycles. The lowest BCUT2D eigenvalue weighted by atomic mass is 9.45. The highest BCUT2D eigenvalue weighted by Crippen LogP contribution is 2.61. The molecule has 2 N–H and O–H groups in total. The molecule has 1 saturated heterocycles. The molecule has 1 saturated carbocycles. The number of phenols is 1. The molecule has 1 heterocycles. The standard InChI is InChI=1S/C40H35NO8/c1-49-33-20-23(13-17-32(33)42)12-16-30-26-14-15-27-36(39(48)41(38(27)47)19-18-35(44)45)29(26)21-31-37(46)28(24-8-4-2-5-9-24)22-34(43)40(30,31)25-10-6-3-7-11-25/h2-14,16-17,20,22,27,29-31,36,42H,15,18-19,21H2,1H3,(H,44,45)/t27-,29+,30-,31-,36-,40-/m0/s1. The van der Waals surface area contributed by atoms with Crippen molar-refractivity contribution in [2.24, 2.45) is 29.6 Å². The summed E-state index contributed by atoms with van der Waals surface area (Å²) in [5, 5.41) is 19.5. The zero-order valence-corrected chi connectivity index (χ0v) is 26.8. The zero-order valence-electron chi connectivity index (χ0n) is 26.8. The van der Waals surface area contributed by atoms with E-state index >= 15 is 0 Å². The van der Waals surface area contributed by atoms with Crippen molar-refractivity contribution in [3.8, 4) is 11.5 Å². The maximum atomic E-state index is 14.9. The molecule has 3 aromatic carbocycles. The Morgan fingerprint density at radius 3 is 2.37 bits per heavy atom. The number of ketones is 2. The third-order valence-electron chi connectivity index (χ3n) is 10.8. The van der Waals surface area contributed by atoms with Gasteiger partial charge in [0, 0.05) is 24.0 Å². The van der Waals surface area contributed by atoms with Crippen LogP contribution in [0.4, 0.5) is 0 Å². The van der Waals surface area contributed by atoms with Crippen molar-refractivity contribution >= 4 is 41.0 Å². The largest absolute Gasteiger partial charge is 0.504 e. The first kappa shape index (κ1) is 32.0. The lowest BCUT2D eigenvalue weighted by Gasteiger charge is -2.54. The number of aliphatic carboxylic acids is 1. The average molecular weight is 658 g/mol. The van der Waals surface area contributed by atoms with Gasteiger partial charge in [-0.2, -0.15) is 0 Å². The molecule has 0 bridgehead atoms. The molecular weight excluding hydrogens is 622 g/mol. The number of methoxy groups -OCH3 is 1. The van der Waals surface area contributed by atoms with Crippen molar-refractivity contribution in [3.05, 3.63) is 119 Å². The minimum atomic E-state index is -1.35. The first-order chi connectivity index (χ1) is 23.7. The Balaban J connectivity index is 1.42. The maximum absolute atomic E-state index is 14.9. The van der Waals surface area contributed by atoms with E-state index in [0.29, 0.717) is 22.3 Å². The number of likely N-dealkylation sites (tertiary alicyclic amines) is 1. The van der Waals surface area contributed by atoms with Crippen molar-refractivity contribution < 1.29 is 38.9 Å². The minimum Gasteiger partial charge on any atom is -0.504 e. The molecule has 0 spiro atoms. The Bertz CT molecular complexity index is 1960. The van der Waals surface area contributed by atoms with Gasteiger partial charge in [-0.3, -0.25) is 28.9 Å². The van der Waals surface area contributed by atoms with Crippen molar-refractivity contribution in [2.75, 3.05) is 13.7 Å². The highest BCUT2D eigenvalue weighted by Gasteiger charge is 2.65. The molecule has 9 nitrogen and oxygen atoms in total. The van der Waals surface area contributed by atoms with Gasteiger partial charge in [0.05, 0.1) is 30.8 Å². The summed E-state index contributed by atoms with van der Waals surface area (Å²) in [5.74, 6) is -5.67. The quantitative estimate of drug-likeness (QED) is 0.248. The van der Waals surface area contributed by atoms with Gasteiger partial charge in [-0.25, -0.2) is 0 Å². The number of carbonyl (C=O) groups excluding carboxylic acids is 4. The van der Waals surface area contributed by atoms with Crippen molar-refractivity contribution in [1.29, 1.82) is 0 Å². The van der Waals surface area contributed by atoms with Crippen LogP contribution in [-0.4, -0.2) is 58.1 Å². The van der Waals surface area contributed by atoms with Crippen LogP contribution in [0, 0.1) is 29.6 Å². The highest BCUT2D eigenvalue weighted by atomic mass is 16.5. The van der Waals surface area contributed by atoms with Crippen LogP contribution in [0.25, 0.3) is 11.6 Å². The van der Waals surface area contributed by atoms with Gasteiger partial charge in [0.2, 0.25) is 11.8 Å². The molecule has 9 heteroatoms. The molecule has 1 aliphatic heterocycles. The summed E-state index contributed by atoms with van der Waals surface area (Å²) in [5.41, 5.74) is 1.76. The molecule has 0 unspecified atom stereocenters. The Hall–Kier alpha value is -5.57. The first-order valence-electron chi connectivity index (χ1n) is 16.4. The van der Waals surface area contributed by atoms with E-state index in [-0.39, 0.29) is 48.9 Å². The highest BCUT2D eigenvalue weighted by molar-refractivity contribution is 6.31. The van der Waals surface area contributed by atoms with E-state index in [1.54, 1.807) is 24.3 Å². The topological polar surface area (TPSA) is 138 Å². The lowest BCUT2D eigenvalue weighted by molar-refractivity contribution is -0.142. The van der Waals surface area contributed by atoms with E-state index in [9.17, 15) is 34.2 Å². The molecule has 6 atom stereocenters. The smallest absolute Gasteiger partial charge is 0.305 e. The predicted octanol–water partition coefficient (Wildman–Crippen LogP) is 5.25. The summed E-state index contributed by atoms with van der Waals surface area (Å²) in [6, 6.07) is 23.2. The second-order valence-electron chi connectivity index (χ2n) is 13.1. The number of carbonyl (C=O) groups is 5. The summed E-state index contributed by atoms with van der Waals surface area (Å²) in [6.07, 6.45) is 7.22. The number of hydrogen-bond acceptors (Lipinski definition) is 7. The Labute approximate surface area is 283 Å². The summed E-state index contributed by atoms with van der Waals surface area (Å²) < 4.78 is 5.32. The molecule has 4 aliphatic rings. The van der Waals surface area contributed by atoms with E-state index in [0.717, 1.165) is 10.5 Å². The van der Waals surface area contributed by atoms with Crippen molar-refractivity contribution in [1.82, 2.24) is 4.90 Å². The van der Waals surface area contributed by atoms with Gasteiger partial charge in [0.1, 0.15) is 0 Å². The zero-order chi connectivity index (χ0) is 34.4. The molecule has 49 heavy (non-hydrogen) atoms. The fourth-order valence-corrected chi connectivity index (χ4v) is 8.62. The third kappa shape index (κ3) is 5.12. The van der Waals surface area contributed by atoms with E-state index in [1.807, 2.05) is 66.8 Å². The Morgan fingerprint density at radius 2 is 1.67 bits per heavy atom. The van der Waals surface area contributed by atoms with Crippen LogP contribution >= 0.6 is 0 Å². The Kier molecular flexibility index (Phi) is 8.14. The van der Waals surface area contributed by atoms with Gasteiger partial charge in [-0.05, 0) is 53.7 Å². The van der Waals surface area contributed by atoms with Crippen LogP contribution in [0.15, 0.2) is 103 Å². The van der Waals surface area contributed by atoms with E-state index < -0.39 is 52.8 Å². The number of fused-ring (bicyclic) bond motifs is 4. The molecule has 0 radical (unpaired) electrons. The molecule has 2 amide bonds. The molecule has 0 aromatic heterocycles. The number of rotatable bonds is 8. The number of ether oxygens (including phenoxy) is 1. The number of phenolic OH excluding ortho intramolecular Hbond substituents is 1. The van der Waals surface area contributed by atoms with E-state index in [1.165, 1.54) is 19.3 Å². The fraction of sp³-hybridized carbons (Fsp3) is 0.275. The summed E-state index contributed by atoms with van der Waals surface area (Å²) >= 11 is 0. The number of Topliss-reactive ketones (excluding diaryl/α,β-unsaturated/α-hetero) is 1. The summed E-state index contributed by atoms with van der Waals surface area (Å²) in [7, 11) is 1.45. The summed E-state index contributed by atoms with van der Waals surface area (Å²) in [4.78, 5) is 69.8. The van der Waals surface area contributed by atoms with Crippen LogP contribution in [-0.2, 0) is 29.4 Å². The van der Waals surface area contributed by atoms with Crippen LogP contribution in [0.5, 0.6) is 11.5 Å². The number of aromatic hydroxyl groups is 1. The van der Waals surface area contributed by atoms with Gasteiger partial charge in [0.25, 0.3) is 0 Å². The molecule has 248 valence electrons. The number of nitrogens with zero attached hydrogens (tertiary/aromatic N) is 1. The van der Waals surface area contributed by atoms with Crippen molar-refractivity contribution in [2.45, 2.75) is 24.7 Å². The minimum absolute atomic E-state index is 0.0253. The third-order valence-corrected chi connectivity index (χ3v) is 10.8. The number of carboxylic acids is 1. The maximum Gasteiger partial charge on any atom is 0.305 e. The van der Waals surface area contributed by atoms with Gasteiger partial charge in [-0.1, -0.05) is 90.5 Å². The normalized spacial score (nSPS) is 27.7. The average Bonchev–Trinajstić information content (AvgIpc) is 3.36. The van der Waals surface area contributed by atoms with Crippen molar-refractivity contribution in [3.63, 3.8) is 0 Å². The molecule has 3 aromatic rings. The lowest BCUT2D eigenvalue weighted by Crippen LogP contribution is -2.59. The molecule has 2 fully saturated rings. The van der Waals surface area contributed by atoms with Gasteiger partial charge in [-0.15, -0.1) is 0 Å². The monoisotopic (exact) mass is 657 g/mol. The number of imide groups is 1. The van der Waals surface area contributed by atoms with Gasteiger partial charge >= 0.3 is 5.97 Å². The molecular formula is C40H35NO8. The van der Waals surface area contributed by atoms with Crippen LogP contribution in [0.1, 0.15) is 36.0 Å². The Morgan fingerprint density at radius 1 is 0.959 bits per heavy atom. The van der Waals surface area contributed by atoms with E-state index in [2.05, 4.69) is 0 Å². The predicted molar refractivity (Wildman–Crippen MR) is 180 cm³/mol. The van der Waals surface area contributed by atoms with Gasteiger partial charge in [0.15, 0.2) is 23.1 Å². The first-order valence-corrected chi connectivity index (χ1v) is 16.4. The number of hydrogen-bond donors (Lipinski definition) is 2. The molecule has 7 rings (SSSR count). The van der Waals surface area contributed by atoms with Gasteiger partial charge < -0.3 is 14.9 Å². The SMILES string of the molecule is COc1cc(C=C[C@H]2C3=CC[C@@H]4C(=O)N(CCC(=O)O)C(=O)[C@@H]4[C@@H]3C[C@H]3C(=O)C(c4ccccc4)=CC(=O)[C@@]23c2ccccc2)ccc1O. The summed E-state index contributed by atoms with van der Waals surface area (Å²) in [6.45, 7) is -0.218. The second-order valence-corrected chi connectivity index (χ2v) is 13.1. The fourth-order valence-electron chi connectivity index (χ4n) is 8.62. The van der Waals surface area contributed by atoms with Crippen LogP contribution < -0.4 is 4.74 Å². The van der Waals surface area contributed by atoms with Crippen LogP contribution in [0.3, 0.4) is 0 Å². The number of carboxylic acid groups (broad SMARTS) is 1. The van der Waals surface area contributed by atoms with E-state index in [4.69, 9.17) is 4.74 Å². The number of amides is 2. The number of benzene rings is 3. The second kappa shape index (κ2) is 12.5.